The molecule has 1 fully saturated rings. The Bertz CT molecular complexity index is 1310. The monoisotopic (exact) mass is 574 g/mol. The van der Waals surface area contributed by atoms with E-state index in [1.54, 1.807) is 25.3 Å². The average Bonchev–Trinajstić information content (AvgIpc) is 3.19. The van der Waals surface area contributed by atoms with Crippen LogP contribution in [-0.2, 0) is 14.8 Å². The normalized spacial score (nSPS) is 15.8. The largest absolute Gasteiger partial charge is 0.493 e. The lowest BCUT2D eigenvalue weighted by Gasteiger charge is -2.12. The molecule has 3 rings (SSSR count). The third kappa shape index (κ3) is 8.69. The van der Waals surface area contributed by atoms with Crippen LogP contribution >= 0.6 is 11.8 Å². The minimum Gasteiger partial charge on any atom is -0.493 e. The average molecular weight is 575 g/mol. The van der Waals surface area contributed by atoms with E-state index in [-0.39, 0.29) is 16.6 Å². The molecule has 7 nitrogen and oxygen atoms in total. The first-order valence-corrected chi connectivity index (χ1v) is 15.3. The van der Waals surface area contributed by atoms with Crippen molar-refractivity contribution in [2.24, 2.45) is 4.40 Å². The Morgan fingerprint density at radius 1 is 1.03 bits per heavy atom. The fraction of sp³-hybridized carbons (Fsp3) is 0.379. The van der Waals surface area contributed by atoms with Crippen LogP contribution in [0.25, 0.3) is 6.08 Å². The summed E-state index contributed by atoms with van der Waals surface area (Å²) in [5.41, 5.74) is 0.687. The summed E-state index contributed by atoms with van der Waals surface area (Å²) in [5, 5.41) is -0.00270. The van der Waals surface area contributed by atoms with Crippen LogP contribution in [0.15, 0.2) is 69.3 Å². The molecule has 0 aliphatic carbocycles. The van der Waals surface area contributed by atoms with E-state index < -0.39 is 21.7 Å². The summed E-state index contributed by atoms with van der Waals surface area (Å²) in [6.45, 7) is 6.54. The lowest BCUT2D eigenvalue weighted by Crippen LogP contribution is -2.29. The van der Waals surface area contributed by atoms with E-state index in [1.165, 1.54) is 43.1 Å². The molecule has 2 aromatic carbocycles. The summed E-state index contributed by atoms with van der Waals surface area (Å²) in [5.74, 6) is 0.205. The van der Waals surface area contributed by atoms with Crippen LogP contribution in [0.2, 0.25) is 0 Å². The van der Waals surface area contributed by atoms with Gasteiger partial charge in [-0.3, -0.25) is 9.69 Å². The quantitative estimate of drug-likeness (QED) is 0.132. The van der Waals surface area contributed by atoms with Crippen LogP contribution in [0.3, 0.4) is 0 Å². The van der Waals surface area contributed by atoms with Crippen LogP contribution in [0.1, 0.15) is 57.4 Å². The van der Waals surface area contributed by atoms with Gasteiger partial charge in [-0.25, -0.2) is 4.39 Å². The van der Waals surface area contributed by atoms with Crippen LogP contribution in [0.4, 0.5) is 4.39 Å². The molecule has 1 aliphatic rings. The molecule has 0 atom stereocenters. The number of thioether (sulfide) groups is 1. The number of hydrogen-bond acceptors (Lipinski definition) is 6. The number of nitrogens with zero attached hydrogens (tertiary/aromatic N) is 2. The Hall–Kier alpha value is -3.11. The highest BCUT2D eigenvalue weighted by atomic mass is 32.2. The number of sulfonamides is 1. The predicted octanol–water partition coefficient (Wildman–Crippen LogP) is 6.81. The maximum atomic E-state index is 13.2. The molecule has 0 radical (unpaired) electrons. The smallest absolute Gasteiger partial charge is 0.284 e. The lowest BCUT2D eigenvalue weighted by atomic mass is 10.1. The van der Waals surface area contributed by atoms with Gasteiger partial charge in [0.15, 0.2) is 16.7 Å². The molecule has 0 bridgehead atoms. The molecule has 0 unspecified atom stereocenters. The predicted molar refractivity (Wildman–Crippen MR) is 155 cm³/mol. The standard InChI is InChI=1S/C29H35FN2O5S2/c1-4-6-7-8-9-10-11-19-37-25-17-12-22(20-26(25)36-3)21-27-28(33)32(18-5-2)29(38-27)31-39(34,35)24-15-13-23(30)14-16-24/h5,12-17,20-21H,2,4,6-11,18-19H2,1,3H3/b27-21-,31-29?. The maximum Gasteiger partial charge on any atom is 0.284 e. The van der Waals surface area contributed by atoms with E-state index in [2.05, 4.69) is 17.9 Å². The number of hydrogen-bond donors (Lipinski definition) is 0. The zero-order chi connectivity index (χ0) is 28.3. The minimum atomic E-state index is -4.16. The van der Waals surface area contributed by atoms with Crippen molar-refractivity contribution >= 4 is 38.9 Å². The number of unbranched alkanes of at least 4 members (excludes halogenated alkanes) is 6. The van der Waals surface area contributed by atoms with Crippen LogP contribution in [0, 0.1) is 5.82 Å². The Labute approximate surface area is 234 Å². The molecule has 2 aromatic rings. The fourth-order valence-electron chi connectivity index (χ4n) is 3.91. The molecule has 210 valence electrons. The number of methoxy groups -OCH3 is 1. The van der Waals surface area contributed by atoms with Gasteiger partial charge < -0.3 is 9.47 Å². The van der Waals surface area contributed by atoms with Crippen molar-refractivity contribution in [2.75, 3.05) is 20.3 Å². The summed E-state index contributed by atoms with van der Waals surface area (Å²) in [6, 6.07) is 9.73. The van der Waals surface area contributed by atoms with Gasteiger partial charge in [-0.1, -0.05) is 57.6 Å². The second-order valence-electron chi connectivity index (χ2n) is 9.00. The number of rotatable bonds is 15. The van der Waals surface area contributed by atoms with Gasteiger partial charge in [0.25, 0.3) is 15.9 Å². The van der Waals surface area contributed by atoms with Gasteiger partial charge in [-0.15, -0.1) is 11.0 Å². The summed E-state index contributed by atoms with van der Waals surface area (Å²) in [7, 11) is -2.60. The van der Waals surface area contributed by atoms with Crippen molar-refractivity contribution in [3.05, 3.63) is 71.4 Å². The molecule has 1 heterocycles. The van der Waals surface area contributed by atoms with E-state index in [1.807, 2.05) is 6.07 Å². The first-order valence-electron chi connectivity index (χ1n) is 13.0. The van der Waals surface area contributed by atoms with E-state index in [0.717, 1.165) is 48.9 Å². The third-order valence-electron chi connectivity index (χ3n) is 6.00. The molecule has 0 N–H and O–H groups in total. The van der Waals surface area contributed by atoms with Gasteiger partial charge in [-0.2, -0.15) is 8.42 Å². The van der Waals surface area contributed by atoms with Crippen molar-refractivity contribution in [1.29, 1.82) is 0 Å². The highest BCUT2D eigenvalue weighted by Crippen LogP contribution is 2.35. The second-order valence-corrected chi connectivity index (χ2v) is 11.6. The molecule has 10 heteroatoms. The molecule has 39 heavy (non-hydrogen) atoms. The number of benzene rings is 2. The highest BCUT2D eigenvalue weighted by molar-refractivity contribution is 8.19. The van der Waals surface area contributed by atoms with Crippen molar-refractivity contribution in [3.8, 4) is 11.5 Å². The Balaban J connectivity index is 1.72. The number of amides is 1. The summed E-state index contributed by atoms with van der Waals surface area (Å²) in [4.78, 5) is 14.5. The minimum absolute atomic E-state index is 0.00270. The fourth-order valence-corrected chi connectivity index (χ4v) is 6.10. The molecule has 1 amide bonds. The Kier molecular flexibility index (Phi) is 11.6. The van der Waals surface area contributed by atoms with Crippen LogP contribution in [-0.4, -0.2) is 44.7 Å². The first-order chi connectivity index (χ1) is 18.8. The van der Waals surface area contributed by atoms with Crippen molar-refractivity contribution < 1.29 is 27.1 Å². The van der Waals surface area contributed by atoms with Gasteiger partial charge in [0.2, 0.25) is 0 Å². The van der Waals surface area contributed by atoms with Gasteiger partial charge in [0, 0.05) is 6.54 Å². The first kappa shape index (κ1) is 30.4. The van der Waals surface area contributed by atoms with Crippen LogP contribution < -0.4 is 9.47 Å². The number of amidine groups is 1. The van der Waals surface area contributed by atoms with Gasteiger partial charge >= 0.3 is 0 Å². The van der Waals surface area contributed by atoms with E-state index >= 15 is 0 Å². The molecule has 0 spiro atoms. The number of carbonyl (C=O) groups is 1. The molecular weight excluding hydrogens is 539 g/mol. The molecular formula is C29H35FN2O5S2. The third-order valence-corrected chi connectivity index (χ3v) is 8.40. The molecule has 1 aliphatic heterocycles. The summed E-state index contributed by atoms with van der Waals surface area (Å²) >= 11 is 0.945. The van der Waals surface area contributed by atoms with Crippen LogP contribution in [0.5, 0.6) is 11.5 Å². The van der Waals surface area contributed by atoms with Crippen molar-refractivity contribution in [3.63, 3.8) is 0 Å². The maximum absolute atomic E-state index is 13.2. The van der Waals surface area contributed by atoms with Crippen molar-refractivity contribution in [2.45, 2.75) is 56.8 Å². The zero-order valence-corrected chi connectivity index (χ0v) is 24.0. The topological polar surface area (TPSA) is 85.3 Å². The van der Waals surface area contributed by atoms with E-state index in [4.69, 9.17) is 9.47 Å². The molecule has 0 aromatic heterocycles. The SMILES string of the molecule is C=CCN1C(=O)/C(=C/c2ccc(OCCCCCCCCC)c(OC)c2)SC1=NS(=O)(=O)c1ccc(F)cc1. The second kappa shape index (κ2) is 14.9. The number of carbonyl (C=O) groups excluding carboxylic acids is 1. The zero-order valence-electron chi connectivity index (χ0n) is 22.4. The van der Waals surface area contributed by atoms with Crippen molar-refractivity contribution in [1.82, 2.24) is 4.90 Å². The van der Waals surface area contributed by atoms with Gasteiger partial charge in [0.1, 0.15) is 5.82 Å². The van der Waals surface area contributed by atoms with Gasteiger partial charge in [-0.05, 0) is 66.2 Å². The van der Waals surface area contributed by atoms with Gasteiger partial charge in [0.05, 0.1) is 23.5 Å². The molecule has 1 saturated heterocycles. The highest BCUT2D eigenvalue weighted by Gasteiger charge is 2.34. The summed E-state index contributed by atoms with van der Waals surface area (Å²) in [6.07, 6.45) is 11.5. The Morgan fingerprint density at radius 3 is 2.38 bits per heavy atom. The lowest BCUT2D eigenvalue weighted by molar-refractivity contribution is -0.121. The molecule has 0 saturated carbocycles. The Morgan fingerprint density at radius 2 is 1.72 bits per heavy atom. The summed E-state index contributed by atoms with van der Waals surface area (Å²) < 4.78 is 54.1. The van der Waals surface area contributed by atoms with E-state index in [0.29, 0.717) is 28.6 Å². The number of halogens is 1. The van der Waals surface area contributed by atoms with E-state index in [9.17, 15) is 17.6 Å². The number of ether oxygens (including phenoxy) is 2.